The molecule has 2 N–H and O–H groups in total. The third-order valence-corrected chi connectivity index (χ3v) is 3.54. The van der Waals surface area contributed by atoms with Crippen molar-refractivity contribution in [2.75, 3.05) is 33.2 Å². The molecule has 6 heteroatoms. The Kier molecular flexibility index (Phi) is 12.2. The van der Waals surface area contributed by atoms with Crippen molar-refractivity contribution in [3.05, 3.63) is 0 Å². The average molecular weight is 300 g/mol. The number of amides is 1. The molecule has 0 spiro atoms. The second-order valence-electron chi connectivity index (χ2n) is 4.72. The molecular formula is C12H27Cl2N3O. The van der Waals surface area contributed by atoms with Crippen LogP contribution in [0.25, 0.3) is 0 Å². The van der Waals surface area contributed by atoms with Gasteiger partial charge in [-0.05, 0) is 33.4 Å². The fourth-order valence-electron chi connectivity index (χ4n) is 1.91. The Hall–Kier alpha value is -0.0300. The van der Waals surface area contributed by atoms with Crippen LogP contribution in [0.4, 0.5) is 0 Å². The SMILES string of the molecule is CCC(C)N(C)CCNC(=O)C1CCNC1.Cl.Cl. The molecule has 2 unspecified atom stereocenters. The van der Waals surface area contributed by atoms with Crippen LogP contribution in [0, 0.1) is 5.92 Å². The van der Waals surface area contributed by atoms with Gasteiger partial charge in [-0.25, -0.2) is 0 Å². The predicted molar refractivity (Wildman–Crippen MR) is 80.9 cm³/mol. The smallest absolute Gasteiger partial charge is 0.224 e. The van der Waals surface area contributed by atoms with Crippen LogP contribution < -0.4 is 10.6 Å². The molecule has 0 saturated carbocycles. The number of halogens is 2. The van der Waals surface area contributed by atoms with Gasteiger partial charge in [0, 0.05) is 25.7 Å². The monoisotopic (exact) mass is 299 g/mol. The van der Waals surface area contributed by atoms with E-state index in [0.717, 1.165) is 39.0 Å². The fraction of sp³-hybridized carbons (Fsp3) is 0.917. The number of hydrogen-bond donors (Lipinski definition) is 2. The van der Waals surface area contributed by atoms with Crippen LogP contribution in [-0.4, -0.2) is 50.1 Å². The fourth-order valence-corrected chi connectivity index (χ4v) is 1.91. The Morgan fingerprint density at radius 3 is 2.67 bits per heavy atom. The highest BCUT2D eigenvalue weighted by atomic mass is 35.5. The van der Waals surface area contributed by atoms with Gasteiger partial charge in [0.2, 0.25) is 5.91 Å². The molecule has 0 aromatic rings. The van der Waals surface area contributed by atoms with E-state index in [4.69, 9.17) is 0 Å². The van der Waals surface area contributed by atoms with Crippen molar-refractivity contribution in [3.63, 3.8) is 0 Å². The molecule has 2 atom stereocenters. The molecule has 1 aliphatic heterocycles. The highest BCUT2D eigenvalue weighted by Crippen LogP contribution is 2.06. The summed E-state index contributed by atoms with van der Waals surface area (Å²) in [6.45, 7) is 7.90. The van der Waals surface area contributed by atoms with E-state index in [1.54, 1.807) is 0 Å². The summed E-state index contributed by atoms with van der Waals surface area (Å²) in [5.41, 5.74) is 0. The number of hydrogen-bond acceptors (Lipinski definition) is 3. The molecule has 1 amide bonds. The Morgan fingerprint density at radius 1 is 1.50 bits per heavy atom. The number of nitrogens with zero attached hydrogens (tertiary/aromatic N) is 1. The van der Waals surface area contributed by atoms with E-state index in [9.17, 15) is 4.79 Å². The number of rotatable bonds is 6. The van der Waals surface area contributed by atoms with Gasteiger partial charge in [-0.3, -0.25) is 4.79 Å². The van der Waals surface area contributed by atoms with E-state index < -0.39 is 0 Å². The first-order valence-corrected chi connectivity index (χ1v) is 6.33. The summed E-state index contributed by atoms with van der Waals surface area (Å²) in [5.74, 6) is 0.399. The van der Waals surface area contributed by atoms with Gasteiger partial charge in [-0.15, -0.1) is 24.8 Å². The van der Waals surface area contributed by atoms with Crippen LogP contribution in [0.15, 0.2) is 0 Å². The summed E-state index contributed by atoms with van der Waals surface area (Å²) in [5, 5.41) is 6.22. The molecular weight excluding hydrogens is 273 g/mol. The summed E-state index contributed by atoms with van der Waals surface area (Å²) in [4.78, 5) is 14.0. The first-order valence-electron chi connectivity index (χ1n) is 6.33. The van der Waals surface area contributed by atoms with Gasteiger partial charge in [0.1, 0.15) is 0 Å². The van der Waals surface area contributed by atoms with Crippen molar-refractivity contribution in [2.45, 2.75) is 32.7 Å². The lowest BCUT2D eigenvalue weighted by Gasteiger charge is -2.23. The maximum Gasteiger partial charge on any atom is 0.224 e. The largest absolute Gasteiger partial charge is 0.355 e. The maximum atomic E-state index is 11.7. The van der Waals surface area contributed by atoms with E-state index in [0.29, 0.717) is 6.04 Å². The molecule has 1 fully saturated rings. The minimum absolute atomic E-state index is 0. The van der Waals surface area contributed by atoms with Gasteiger partial charge in [-0.2, -0.15) is 0 Å². The first kappa shape index (κ1) is 20.3. The Morgan fingerprint density at radius 2 is 2.17 bits per heavy atom. The molecule has 4 nitrogen and oxygen atoms in total. The van der Waals surface area contributed by atoms with Gasteiger partial charge in [0.15, 0.2) is 0 Å². The molecule has 0 aromatic carbocycles. The lowest BCUT2D eigenvalue weighted by molar-refractivity contribution is -0.124. The number of carbonyl (C=O) groups is 1. The van der Waals surface area contributed by atoms with E-state index in [-0.39, 0.29) is 36.6 Å². The molecule has 18 heavy (non-hydrogen) atoms. The number of nitrogens with one attached hydrogen (secondary N) is 2. The van der Waals surface area contributed by atoms with Crippen molar-refractivity contribution in [1.29, 1.82) is 0 Å². The normalized spacial score (nSPS) is 19.9. The van der Waals surface area contributed by atoms with Gasteiger partial charge in [0.05, 0.1) is 5.92 Å². The lowest BCUT2D eigenvalue weighted by Crippen LogP contribution is -2.39. The quantitative estimate of drug-likeness (QED) is 0.777. The summed E-state index contributed by atoms with van der Waals surface area (Å²) in [6, 6.07) is 0.588. The second kappa shape index (κ2) is 10.9. The van der Waals surface area contributed by atoms with Gasteiger partial charge in [-0.1, -0.05) is 6.92 Å². The zero-order chi connectivity index (χ0) is 12.0. The summed E-state index contributed by atoms with van der Waals surface area (Å²) < 4.78 is 0. The molecule has 1 rings (SSSR count). The van der Waals surface area contributed by atoms with Crippen LogP contribution in [0.3, 0.4) is 0 Å². The molecule has 1 aliphatic rings. The molecule has 0 radical (unpaired) electrons. The Labute approximate surface area is 123 Å². The van der Waals surface area contributed by atoms with Crippen molar-refractivity contribution in [2.24, 2.45) is 5.92 Å². The zero-order valence-electron chi connectivity index (χ0n) is 11.6. The van der Waals surface area contributed by atoms with Gasteiger partial charge in [0.25, 0.3) is 0 Å². The lowest BCUT2D eigenvalue weighted by atomic mass is 10.1. The Balaban J connectivity index is 0. The van der Waals surface area contributed by atoms with Crippen molar-refractivity contribution < 1.29 is 4.79 Å². The van der Waals surface area contributed by atoms with Crippen LogP contribution in [0.1, 0.15) is 26.7 Å². The van der Waals surface area contributed by atoms with Gasteiger partial charge >= 0.3 is 0 Å². The summed E-state index contributed by atoms with van der Waals surface area (Å²) in [6.07, 6.45) is 2.13. The number of likely N-dealkylation sites (N-methyl/N-ethyl adjacent to an activating group) is 1. The average Bonchev–Trinajstić information content (AvgIpc) is 2.81. The number of carbonyl (C=O) groups excluding carboxylic acids is 1. The molecule has 1 saturated heterocycles. The van der Waals surface area contributed by atoms with Crippen LogP contribution in [0.5, 0.6) is 0 Å². The minimum atomic E-state index is 0. The van der Waals surface area contributed by atoms with E-state index in [1.807, 2.05) is 0 Å². The van der Waals surface area contributed by atoms with Gasteiger partial charge < -0.3 is 15.5 Å². The van der Waals surface area contributed by atoms with Crippen LogP contribution >= 0.6 is 24.8 Å². The Bertz CT molecular complexity index is 223. The van der Waals surface area contributed by atoms with E-state index in [1.165, 1.54) is 0 Å². The zero-order valence-corrected chi connectivity index (χ0v) is 13.2. The summed E-state index contributed by atoms with van der Waals surface area (Å²) in [7, 11) is 2.11. The second-order valence-corrected chi connectivity index (χ2v) is 4.72. The maximum absolute atomic E-state index is 11.7. The van der Waals surface area contributed by atoms with Crippen molar-refractivity contribution >= 4 is 30.7 Å². The topological polar surface area (TPSA) is 44.4 Å². The van der Waals surface area contributed by atoms with Crippen LogP contribution in [0.2, 0.25) is 0 Å². The predicted octanol–water partition coefficient (Wildman–Crippen LogP) is 1.29. The highest BCUT2D eigenvalue weighted by molar-refractivity contribution is 5.85. The summed E-state index contributed by atoms with van der Waals surface area (Å²) >= 11 is 0. The third-order valence-electron chi connectivity index (χ3n) is 3.54. The standard InChI is InChI=1S/C12H25N3O.2ClH/c1-4-10(2)15(3)8-7-14-12(16)11-5-6-13-9-11;;/h10-11,13H,4-9H2,1-3H3,(H,14,16);2*1H. The molecule has 0 bridgehead atoms. The molecule has 110 valence electrons. The molecule has 0 aliphatic carbocycles. The van der Waals surface area contributed by atoms with Crippen molar-refractivity contribution in [1.82, 2.24) is 15.5 Å². The van der Waals surface area contributed by atoms with E-state index >= 15 is 0 Å². The van der Waals surface area contributed by atoms with E-state index in [2.05, 4.69) is 36.4 Å². The molecule has 0 aromatic heterocycles. The highest BCUT2D eigenvalue weighted by Gasteiger charge is 2.21. The third kappa shape index (κ3) is 6.78. The van der Waals surface area contributed by atoms with Crippen molar-refractivity contribution in [3.8, 4) is 0 Å². The minimum Gasteiger partial charge on any atom is -0.355 e. The van der Waals surface area contributed by atoms with Crippen LogP contribution in [-0.2, 0) is 4.79 Å². The first-order chi connectivity index (χ1) is 7.65. The molecule has 1 heterocycles.